The van der Waals surface area contributed by atoms with Crippen LogP contribution in [-0.4, -0.2) is 35.8 Å². The third kappa shape index (κ3) is 4.65. The van der Waals surface area contributed by atoms with Crippen molar-refractivity contribution >= 4 is 23.5 Å². The summed E-state index contributed by atoms with van der Waals surface area (Å²) < 4.78 is 0. The van der Waals surface area contributed by atoms with Crippen LogP contribution in [0.4, 0.5) is 0 Å². The molecule has 1 fully saturated rings. The smallest absolute Gasteiger partial charge is 0.230 e. The molecule has 1 aliphatic rings. The summed E-state index contributed by atoms with van der Waals surface area (Å²) in [5, 5.41) is 2.95. The summed E-state index contributed by atoms with van der Waals surface area (Å²) in [5.74, 6) is 1.22. The van der Waals surface area contributed by atoms with Gasteiger partial charge >= 0.3 is 0 Å². The molecule has 1 atom stereocenters. The highest BCUT2D eigenvalue weighted by Gasteiger charge is 2.31. The summed E-state index contributed by atoms with van der Waals surface area (Å²) in [6.45, 7) is 0.490. The van der Waals surface area contributed by atoms with Gasteiger partial charge in [0.1, 0.15) is 0 Å². The van der Waals surface area contributed by atoms with Crippen LogP contribution in [0.5, 0.6) is 0 Å². The monoisotopic (exact) mass is 292 g/mol. The van der Waals surface area contributed by atoms with Crippen LogP contribution in [0.2, 0.25) is 0 Å². The van der Waals surface area contributed by atoms with Gasteiger partial charge in [0.25, 0.3) is 0 Å². The summed E-state index contributed by atoms with van der Waals surface area (Å²) in [6.07, 6.45) is 2.31. The lowest BCUT2D eigenvalue weighted by molar-refractivity contribution is -0.119. The van der Waals surface area contributed by atoms with Crippen molar-refractivity contribution in [3.63, 3.8) is 0 Å². The molecule has 1 aromatic carbocycles. The second-order valence-corrected chi connectivity index (χ2v) is 6.01. The first-order chi connectivity index (χ1) is 9.70. The minimum Gasteiger partial charge on any atom is -0.351 e. The van der Waals surface area contributed by atoms with E-state index in [4.69, 9.17) is 5.73 Å². The normalized spacial score (nSPS) is 15.7. The Morgan fingerprint density at radius 2 is 1.95 bits per heavy atom. The number of nitrogens with one attached hydrogen (secondary N) is 1. The maximum absolute atomic E-state index is 11.9. The van der Waals surface area contributed by atoms with Crippen LogP contribution in [0.3, 0.4) is 0 Å². The standard InChI is InChI=1S/C15H20N2O2S/c16-8-13(11-6-7-11)17-15(19)10-20-9-14(18)12-4-2-1-3-5-12/h1-5,11,13H,6-10,16H2,(H,17,19). The Labute approximate surface area is 123 Å². The van der Waals surface area contributed by atoms with Gasteiger partial charge in [-0.3, -0.25) is 9.59 Å². The van der Waals surface area contributed by atoms with Gasteiger partial charge in [-0.1, -0.05) is 30.3 Å². The maximum Gasteiger partial charge on any atom is 0.230 e. The first-order valence-corrected chi connectivity index (χ1v) is 8.01. The van der Waals surface area contributed by atoms with E-state index in [0.717, 1.165) is 12.8 Å². The van der Waals surface area contributed by atoms with E-state index in [2.05, 4.69) is 5.32 Å². The third-order valence-electron chi connectivity index (χ3n) is 3.35. The predicted octanol–water partition coefficient (Wildman–Crippen LogP) is 1.46. The highest BCUT2D eigenvalue weighted by molar-refractivity contribution is 8.00. The van der Waals surface area contributed by atoms with Crippen molar-refractivity contribution in [2.45, 2.75) is 18.9 Å². The number of hydrogen-bond donors (Lipinski definition) is 2. The molecular formula is C15H20N2O2S. The van der Waals surface area contributed by atoms with E-state index in [1.165, 1.54) is 11.8 Å². The number of ketones is 1. The van der Waals surface area contributed by atoms with Gasteiger partial charge in [-0.25, -0.2) is 0 Å². The minimum absolute atomic E-state index is 0.0294. The molecule has 0 saturated heterocycles. The molecule has 3 N–H and O–H groups in total. The second kappa shape index (κ2) is 7.45. The van der Waals surface area contributed by atoms with E-state index < -0.39 is 0 Å². The molecule has 0 aromatic heterocycles. The van der Waals surface area contributed by atoms with Crippen molar-refractivity contribution < 1.29 is 9.59 Å². The molecule has 1 amide bonds. The predicted molar refractivity (Wildman–Crippen MR) is 81.8 cm³/mol. The van der Waals surface area contributed by atoms with Crippen molar-refractivity contribution in [2.24, 2.45) is 11.7 Å². The van der Waals surface area contributed by atoms with Gasteiger partial charge < -0.3 is 11.1 Å². The quantitative estimate of drug-likeness (QED) is 0.712. The summed E-state index contributed by atoms with van der Waals surface area (Å²) in [5.41, 5.74) is 6.33. The van der Waals surface area contributed by atoms with E-state index in [-0.39, 0.29) is 17.7 Å². The maximum atomic E-state index is 11.9. The summed E-state index contributed by atoms with van der Waals surface area (Å²) in [4.78, 5) is 23.6. The minimum atomic E-state index is -0.0294. The third-order valence-corrected chi connectivity index (χ3v) is 4.29. The van der Waals surface area contributed by atoms with Gasteiger partial charge in [0, 0.05) is 18.2 Å². The molecule has 4 nitrogen and oxygen atoms in total. The molecule has 2 rings (SSSR count). The van der Waals surface area contributed by atoms with Crippen molar-refractivity contribution in [3.8, 4) is 0 Å². The Hall–Kier alpha value is -1.33. The molecule has 0 heterocycles. The van der Waals surface area contributed by atoms with Crippen LogP contribution in [0, 0.1) is 5.92 Å². The molecule has 0 spiro atoms. The lowest BCUT2D eigenvalue weighted by Crippen LogP contribution is -2.42. The molecular weight excluding hydrogens is 272 g/mol. The van der Waals surface area contributed by atoms with E-state index in [9.17, 15) is 9.59 Å². The van der Waals surface area contributed by atoms with Gasteiger partial charge in [-0.2, -0.15) is 0 Å². The van der Waals surface area contributed by atoms with Crippen molar-refractivity contribution in [2.75, 3.05) is 18.1 Å². The topological polar surface area (TPSA) is 72.2 Å². The summed E-state index contributed by atoms with van der Waals surface area (Å²) in [6, 6.07) is 9.24. The number of nitrogens with two attached hydrogens (primary N) is 1. The van der Waals surface area contributed by atoms with Gasteiger partial charge in [0.2, 0.25) is 5.91 Å². The zero-order valence-electron chi connectivity index (χ0n) is 11.4. The van der Waals surface area contributed by atoms with E-state index in [1.807, 2.05) is 18.2 Å². The van der Waals surface area contributed by atoms with Crippen LogP contribution in [0.1, 0.15) is 23.2 Å². The average Bonchev–Trinajstić information content (AvgIpc) is 3.30. The number of amides is 1. The SMILES string of the molecule is NCC(NC(=O)CSCC(=O)c1ccccc1)C1CC1. The number of thioether (sulfide) groups is 1. The van der Waals surface area contributed by atoms with Crippen LogP contribution < -0.4 is 11.1 Å². The van der Waals surface area contributed by atoms with Crippen molar-refractivity contribution in [1.29, 1.82) is 0 Å². The van der Waals surface area contributed by atoms with Crippen LogP contribution in [-0.2, 0) is 4.79 Å². The number of rotatable bonds is 8. The molecule has 1 unspecified atom stereocenters. The summed E-state index contributed by atoms with van der Waals surface area (Å²) in [7, 11) is 0. The van der Waals surface area contributed by atoms with E-state index in [1.54, 1.807) is 12.1 Å². The molecule has 0 bridgehead atoms. The number of Topliss-reactive ketones (excluding diaryl/α,β-unsaturated/α-hetero) is 1. The molecule has 0 aliphatic heterocycles. The average molecular weight is 292 g/mol. The number of benzene rings is 1. The molecule has 108 valence electrons. The molecule has 1 aliphatic carbocycles. The highest BCUT2D eigenvalue weighted by atomic mass is 32.2. The molecule has 5 heteroatoms. The Morgan fingerprint density at radius 1 is 1.25 bits per heavy atom. The lowest BCUT2D eigenvalue weighted by atomic mass is 10.2. The Bertz CT molecular complexity index is 460. The summed E-state index contributed by atoms with van der Waals surface area (Å²) >= 11 is 1.35. The first kappa shape index (κ1) is 15.1. The van der Waals surface area contributed by atoms with Crippen LogP contribution >= 0.6 is 11.8 Å². The van der Waals surface area contributed by atoms with Gasteiger partial charge in [0.05, 0.1) is 11.5 Å². The number of carbonyl (C=O) groups is 2. The van der Waals surface area contributed by atoms with Crippen LogP contribution in [0.15, 0.2) is 30.3 Å². The Morgan fingerprint density at radius 3 is 2.55 bits per heavy atom. The largest absolute Gasteiger partial charge is 0.351 e. The van der Waals surface area contributed by atoms with Gasteiger partial charge in [-0.15, -0.1) is 11.8 Å². The molecule has 1 aromatic rings. The van der Waals surface area contributed by atoms with Crippen molar-refractivity contribution in [1.82, 2.24) is 5.32 Å². The number of carbonyl (C=O) groups excluding carboxylic acids is 2. The number of hydrogen-bond acceptors (Lipinski definition) is 4. The van der Waals surface area contributed by atoms with E-state index in [0.29, 0.717) is 29.5 Å². The molecule has 20 heavy (non-hydrogen) atoms. The van der Waals surface area contributed by atoms with Gasteiger partial charge in [0.15, 0.2) is 5.78 Å². The van der Waals surface area contributed by atoms with Crippen molar-refractivity contribution in [3.05, 3.63) is 35.9 Å². The Balaban J connectivity index is 1.67. The second-order valence-electron chi connectivity index (χ2n) is 5.03. The zero-order valence-corrected chi connectivity index (χ0v) is 12.2. The van der Waals surface area contributed by atoms with E-state index >= 15 is 0 Å². The first-order valence-electron chi connectivity index (χ1n) is 6.86. The fourth-order valence-corrected chi connectivity index (χ4v) is 2.78. The fraction of sp³-hybridized carbons (Fsp3) is 0.467. The lowest BCUT2D eigenvalue weighted by Gasteiger charge is -2.15. The van der Waals surface area contributed by atoms with Crippen LogP contribution in [0.25, 0.3) is 0 Å². The highest BCUT2D eigenvalue weighted by Crippen LogP contribution is 2.32. The zero-order chi connectivity index (χ0) is 14.4. The Kier molecular flexibility index (Phi) is 5.61. The molecule has 0 radical (unpaired) electrons. The molecule has 1 saturated carbocycles. The van der Waals surface area contributed by atoms with Gasteiger partial charge in [-0.05, 0) is 18.8 Å². The fourth-order valence-electron chi connectivity index (χ4n) is 2.06.